The minimum atomic E-state index is -0.822. The minimum absolute atomic E-state index is 0.0954. The molecule has 8 heteroatoms. The molecule has 0 bridgehead atoms. The van der Waals surface area contributed by atoms with Crippen molar-refractivity contribution < 1.29 is 18.4 Å². The lowest BCUT2D eigenvalue weighted by Crippen LogP contribution is -2.14. The van der Waals surface area contributed by atoms with Crippen LogP contribution in [0.4, 0.5) is 14.5 Å². The van der Waals surface area contributed by atoms with Gasteiger partial charge in [-0.1, -0.05) is 12.1 Å². The van der Waals surface area contributed by atoms with E-state index in [4.69, 9.17) is 0 Å². The number of nitrogens with zero attached hydrogens (tertiary/aromatic N) is 3. The zero-order valence-corrected chi connectivity index (χ0v) is 19.0. The molecule has 2 heterocycles. The predicted octanol–water partition coefficient (Wildman–Crippen LogP) is 5.76. The Labute approximate surface area is 204 Å². The van der Waals surface area contributed by atoms with Gasteiger partial charge in [-0.2, -0.15) is 0 Å². The average molecular weight is 480 g/mol. The van der Waals surface area contributed by atoms with Crippen LogP contribution in [0.3, 0.4) is 0 Å². The lowest BCUT2D eigenvalue weighted by molar-refractivity contribution is 0.102. The van der Waals surface area contributed by atoms with Gasteiger partial charge in [0.15, 0.2) is 5.78 Å². The van der Waals surface area contributed by atoms with E-state index in [1.54, 1.807) is 30.6 Å². The smallest absolute Gasteiger partial charge is 0.258 e. The van der Waals surface area contributed by atoms with Crippen molar-refractivity contribution in [3.8, 4) is 11.3 Å². The zero-order chi connectivity index (χ0) is 25.2. The fraction of sp³-hybridized carbons (Fsp3) is 0.0357. The molecule has 5 rings (SSSR count). The topological polar surface area (TPSA) is 84.8 Å². The third-order valence-corrected chi connectivity index (χ3v) is 5.60. The van der Waals surface area contributed by atoms with Crippen molar-refractivity contribution in [2.75, 3.05) is 5.32 Å². The number of hydrogen-bond donors (Lipinski definition) is 1. The second-order valence-electron chi connectivity index (χ2n) is 8.10. The van der Waals surface area contributed by atoms with Gasteiger partial charge in [0.2, 0.25) is 0 Å². The van der Waals surface area contributed by atoms with Crippen molar-refractivity contribution in [2.45, 2.75) is 6.92 Å². The van der Waals surface area contributed by atoms with Crippen LogP contribution < -0.4 is 5.32 Å². The first-order valence-corrected chi connectivity index (χ1v) is 11.0. The van der Waals surface area contributed by atoms with Crippen LogP contribution in [0.25, 0.3) is 22.3 Å². The highest BCUT2D eigenvalue weighted by Crippen LogP contribution is 2.23. The minimum Gasteiger partial charge on any atom is -0.322 e. The molecule has 36 heavy (non-hydrogen) atoms. The summed E-state index contributed by atoms with van der Waals surface area (Å²) in [6, 6.07) is 17.7. The van der Waals surface area contributed by atoms with Gasteiger partial charge in [0.25, 0.3) is 5.91 Å². The molecule has 0 radical (unpaired) electrons. The molecule has 0 unspecified atom stereocenters. The standard InChI is InChI=1S/C28H18F2N4O2/c1-16-6-7-18(14-31-16)26-15-32-24-11-8-17(12-25(24)34-26)27(35)20-10-9-19(13-23(20)30)33-28(36)21-4-2-3-5-22(21)29/h2-15H,1H3,(H,33,36). The zero-order valence-electron chi connectivity index (χ0n) is 19.0. The number of nitrogens with one attached hydrogen (secondary N) is 1. The van der Waals surface area contributed by atoms with E-state index < -0.39 is 23.3 Å². The number of aryl methyl sites for hydroxylation is 1. The number of amides is 1. The first kappa shape index (κ1) is 22.9. The van der Waals surface area contributed by atoms with Crippen LogP contribution in [-0.4, -0.2) is 26.6 Å². The van der Waals surface area contributed by atoms with Crippen molar-refractivity contribution in [1.29, 1.82) is 0 Å². The molecule has 0 saturated carbocycles. The predicted molar refractivity (Wildman–Crippen MR) is 132 cm³/mol. The van der Waals surface area contributed by atoms with Crippen LogP contribution in [0, 0.1) is 18.6 Å². The molecule has 0 atom stereocenters. The molecule has 3 aromatic carbocycles. The summed E-state index contributed by atoms with van der Waals surface area (Å²) in [6.45, 7) is 1.89. The van der Waals surface area contributed by atoms with Crippen molar-refractivity contribution in [3.05, 3.63) is 119 Å². The Hall–Kier alpha value is -4.85. The highest BCUT2D eigenvalue weighted by atomic mass is 19.1. The van der Waals surface area contributed by atoms with Crippen molar-refractivity contribution >= 4 is 28.4 Å². The SMILES string of the molecule is Cc1ccc(-c2cnc3ccc(C(=O)c4ccc(NC(=O)c5ccccc5F)cc4F)cc3n2)cn1. The molecule has 0 aliphatic carbocycles. The maximum Gasteiger partial charge on any atom is 0.258 e. The van der Waals surface area contributed by atoms with Gasteiger partial charge in [0, 0.05) is 28.7 Å². The number of anilines is 1. The molecule has 6 nitrogen and oxygen atoms in total. The van der Waals surface area contributed by atoms with E-state index in [0.717, 1.165) is 23.4 Å². The third kappa shape index (κ3) is 4.56. The maximum atomic E-state index is 14.9. The van der Waals surface area contributed by atoms with E-state index in [2.05, 4.69) is 20.3 Å². The third-order valence-electron chi connectivity index (χ3n) is 5.60. The van der Waals surface area contributed by atoms with Crippen LogP contribution in [0.15, 0.2) is 85.2 Å². The Kier molecular flexibility index (Phi) is 6.00. The number of benzene rings is 3. The molecule has 1 N–H and O–H groups in total. The lowest BCUT2D eigenvalue weighted by atomic mass is 10.0. The Balaban J connectivity index is 1.40. The number of carbonyl (C=O) groups excluding carboxylic acids is 2. The summed E-state index contributed by atoms with van der Waals surface area (Å²) in [5, 5.41) is 2.44. The number of carbonyl (C=O) groups is 2. The first-order chi connectivity index (χ1) is 17.4. The number of rotatable bonds is 5. The van der Waals surface area contributed by atoms with Crippen LogP contribution in [0.5, 0.6) is 0 Å². The number of halogens is 2. The molecule has 0 aliphatic heterocycles. The normalized spacial score (nSPS) is 10.9. The molecular weight excluding hydrogens is 462 g/mol. The second kappa shape index (κ2) is 9.42. The molecule has 0 spiro atoms. The quantitative estimate of drug-likeness (QED) is 0.323. The maximum absolute atomic E-state index is 14.9. The Morgan fingerprint density at radius 3 is 2.36 bits per heavy atom. The van der Waals surface area contributed by atoms with Gasteiger partial charge in [-0.3, -0.25) is 19.6 Å². The molecule has 1 amide bonds. The van der Waals surface area contributed by atoms with Crippen LogP contribution in [-0.2, 0) is 0 Å². The van der Waals surface area contributed by atoms with E-state index in [1.807, 2.05) is 19.1 Å². The molecular formula is C28H18F2N4O2. The highest BCUT2D eigenvalue weighted by Gasteiger charge is 2.17. The van der Waals surface area contributed by atoms with E-state index >= 15 is 0 Å². The van der Waals surface area contributed by atoms with Crippen molar-refractivity contribution in [1.82, 2.24) is 15.0 Å². The molecule has 2 aromatic heterocycles. The van der Waals surface area contributed by atoms with Crippen LogP contribution in [0.2, 0.25) is 0 Å². The summed E-state index contributed by atoms with van der Waals surface area (Å²) in [5.41, 5.74) is 3.30. The van der Waals surface area contributed by atoms with Gasteiger partial charge in [0.1, 0.15) is 11.6 Å². The lowest BCUT2D eigenvalue weighted by Gasteiger charge is -2.09. The monoisotopic (exact) mass is 480 g/mol. The van der Waals surface area contributed by atoms with E-state index in [9.17, 15) is 18.4 Å². The van der Waals surface area contributed by atoms with E-state index in [0.29, 0.717) is 16.7 Å². The van der Waals surface area contributed by atoms with E-state index in [-0.39, 0.29) is 22.4 Å². The van der Waals surface area contributed by atoms with Crippen LogP contribution >= 0.6 is 0 Å². The summed E-state index contributed by atoms with van der Waals surface area (Å²) in [5.74, 6) is -2.79. The summed E-state index contributed by atoms with van der Waals surface area (Å²) in [6.07, 6.45) is 3.33. The fourth-order valence-corrected chi connectivity index (χ4v) is 3.69. The van der Waals surface area contributed by atoms with Gasteiger partial charge in [-0.25, -0.2) is 13.8 Å². The van der Waals surface area contributed by atoms with Gasteiger partial charge in [-0.15, -0.1) is 0 Å². The number of aromatic nitrogens is 3. The molecule has 0 fully saturated rings. The van der Waals surface area contributed by atoms with Crippen molar-refractivity contribution in [3.63, 3.8) is 0 Å². The molecule has 0 saturated heterocycles. The Bertz CT molecular complexity index is 1640. The first-order valence-electron chi connectivity index (χ1n) is 11.0. The van der Waals surface area contributed by atoms with E-state index in [1.165, 1.54) is 30.3 Å². The summed E-state index contributed by atoms with van der Waals surface area (Å²) < 4.78 is 28.7. The van der Waals surface area contributed by atoms with Gasteiger partial charge < -0.3 is 5.32 Å². The highest BCUT2D eigenvalue weighted by molar-refractivity contribution is 6.11. The molecule has 0 aliphatic rings. The van der Waals surface area contributed by atoms with Crippen LogP contribution in [0.1, 0.15) is 32.0 Å². The summed E-state index contributed by atoms with van der Waals surface area (Å²) >= 11 is 0. The number of pyridine rings is 1. The summed E-state index contributed by atoms with van der Waals surface area (Å²) in [7, 11) is 0. The Morgan fingerprint density at radius 2 is 1.61 bits per heavy atom. The number of ketones is 1. The number of hydrogen-bond acceptors (Lipinski definition) is 5. The number of fused-ring (bicyclic) bond motifs is 1. The van der Waals surface area contributed by atoms with Gasteiger partial charge in [-0.05, 0) is 67.6 Å². The fourth-order valence-electron chi connectivity index (χ4n) is 3.69. The van der Waals surface area contributed by atoms with Gasteiger partial charge in [0.05, 0.1) is 34.1 Å². The van der Waals surface area contributed by atoms with Gasteiger partial charge >= 0.3 is 0 Å². The largest absolute Gasteiger partial charge is 0.322 e. The molecule has 5 aromatic rings. The Morgan fingerprint density at radius 1 is 0.778 bits per heavy atom. The average Bonchev–Trinajstić information content (AvgIpc) is 2.88. The second-order valence-corrected chi connectivity index (χ2v) is 8.10. The summed E-state index contributed by atoms with van der Waals surface area (Å²) in [4.78, 5) is 38.6. The van der Waals surface area contributed by atoms with Crippen molar-refractivity contribution in [2.24, 2.45) is 0 Å². The molecule has 176 valence electrons.